The first-order chi connectivity index (χ1) is 9.94. The largest absolute Gasteiger partial charge is 0.504 e. The van der Waals surface area contributed by atoms with Crippen LogP contribution in [0.2, 0.25) is 0 Å². The lowest BCUT2D eigenvalue weighted by molar-refractivity contribution is -0.0565. The lowest BCUT2D eigenvalue weighted by atomic mass is 9.47. The minimum atomic E-state index is 0.0448. The van der Waals surface area contributed by atoms with Gasteiger partial charge in [-0.05, 0) is 85.2 Å². The van der Waals surface area contributed by atoms with Crippen LogP contribution in [-0.2, 0) is 0 Å². The van der Waals surface area contributed by atoms with E-state index in [0.717, 1.165) is 18.3 Å². The molecule has 0 radical (unpaired) electrons. The normalized spacial score (nSPS) is 52.3. The fourth-order valence-corrected chi connectivity index (χ4v) is 6.53. The van der Waals surface area contributed by atoms with Gasteiger partial charge in [0.1, 0.15) is 0 Å². The first-order valence-electron chi connectivity index (χ1n) is 8.77. The quantitative estimate of drug-likeness (QED) is 0.648. The van der Waals surface area contributed by atoms with E-state index >= 15 is 0 Å². The van der Waals surface area contributed by atoms with E-state index in [1.165, 1.54) is 38.5 Å². The summed E-state index contributed by atoms with van der Waals surface area (Å²) in [5.74, 6) is 3.00. The second-order valence-electron chi connectivity index (χ2n) is 8.59. The minimum Gasteiger partial charge on any atom is -0.504 e. The highest BCUT2D eigenvalue weighted by molar-refractivity contribution is 5.30. The van der Waals surface area contributed by atoms with Gasteiger partial charge in [-0.1, -0.05) is 20.3 Å². The van der Waals surface area contributed by atoms with Crippen molar-refractivity contribution in [2.45, 2.75) is 58.8 Å². The van der Waals surface area contributed by atoms with Crippen molar-refractivity contribution in [3.05, 3.63) is 23.7 Å². The van der Waals surface area contributed by atoms with E-state index in [4.69, 9.17) is 0 Å². The monoisotopic (exact) mass is 288 g/mol. The topological polar surface area (TPSA) is 40.5 Å². The Hall–Kier alpha value is -0.920. The highest BCUT2D eigenvalue weighted by Crippen LogP contribution is 2.65. The molecular formula is C19H28O2. The molecule has 1 unspecified atom stereocenters. The summed E-state index contributed by atoms with van der Waals surface area (Å²) >= 11 is 0. The summed E-state index contributed by atoms with van der Waals surface area (Å²) < 4.78 is 0. The van der Waals surface area contributed by atoms with Crippen LogP contribution in [0.25, 0.3) is 0 Å². The minimum absolute atomic E-state index is 0.0448. The predicted molar refractivity (Wildman–Crippen MR) is 83.9 cm³/mol. The summed E-state index contributed by atoms with van der Waals surface area (Å²) in [5.41, 5.74) is 0.631. The van der Waals surface area contributed by atoms with Gasteiger partial charge in [-0.2, -0.15) is 0 Å². The van der Waals surface area contributed by atoms with E-state index in [9.17, 15) is 10.2 Å². The Morgan fingerprint density at radius 2 is 1.76 bits per heavy atom. The second kappa shape index (κ2) is 4.30. The summed E-state index contributed by atoms with van der Waals surface area (Å²) in [5, 5.41) is 19.9. The zero-order chi connectivity index (χ0) is 14.8. The molecule has 0 aromatic carbocycles. The van der Waals surface area contributed by atoms with E-state index in [0.29, 0.717) is 17.3 Å². The molecule has 0 amide bonds. The van der Waals surface area contributed by atoms with Crippen LogP contribution in [0.4, 0.5) is 0 Å². The molecule has 0 aliphatic heterocycles. The summed E-state index contributed by atoms with van der Waals surface area (Å²) in [6.45, 7) is 4.85. The Bertz CT molecular complexity index is 520. The maximum absolute atomic E-state index is 10.1. The van der Waals surface area contributed by atoms with Gasteiger partial charge in [0.15, 0.2) is 11.5 Å². The number of rotatable bonds is 0. The summed E-state index contributed by atoms with van der Waals surface area (Å²) in [6.07, 6.45) is 13.3. The van der Waals surface area contributed by atoms with Crippen molar-refractivity contribution < 1.29 is 10.2 Å². The molecule has 3 saturated carbocycles. The summed E-state index contributed by atoms with van der Waals surface area (Å²) in [6, 6.07) is 0. The molecule has 0 heterocycles. The van der Waals surface area contributed by atoms with Crippen LogP contribution in [-0.4, -0.2) is 10.2 Å². The number of hydrogen-bond donors (Lipinski definition) is 2. The van der Waals surface area contributed by atoms with Crippen LogP contribution in [0.1, 0.15) is 58.8 Å². The molecular weight excluding hydrogens is 260 g/mol. The third kappa shape index (κ3) is 1.77. The van der Waals surface area contributed by atoms with Crippen LogP contribution in [0.3, 0.4) is 0 Å². The van der Waals surface area contributed by atoms with Gasteiger partial charge in [0, 0.05) is 0 Å². The molecule has 3 fully saturated rings. The average molecular weight is 288 g/mol. The number of fused-ring (bicyclic) bond motifs is 5. The number of aliphatic hydroxyl groups excluding tert-OH is 2. The molecule has 0 spiro atoms. The molecule has 4 aliphatic rings. The Labute approximate surface area is 127 Å². The molecule has 2 N–H and O–H groups in total. The molecule has 4 aliphatic carbocycles. The SMILES string of the molecule is C[C@@]12CCC[C@H]1[C@@H]1CCC3C=C(O)C(O)=C[C@]3(C)[C@H]1CC2. The van der Waals surface area contributed by atoms with Crippen molar-refractivity contribution >= 4 is 0 Å². The molecule has 0 bridgehead atoms. The summed E-state index contributed by atoms with van der Waals surface area (Å²) in [7, 11) is 0. The first kappa shape index (κ1) is 13.7. The van der Waals surface area contributed by atoms with E-state index in [1.54, 1.807) is 0 Å². The second-order valence-corrected chi connectivity index (χ2v) is 8.59. The highest BCUT2D eigenvalue weighted by Gasteiger charge is 2.56. The Morgan fingerprint density at radius 1 is 0.952 bits per heavy atom. The maximum atomic E-state index is 10.1. The average Bonchev–Trinajstić information content (AvgIpc) is 2.82. The first-order valence-corrected chi connectivity index (χ1v) is 8.77. The zero-order valence-electron chi connectivity index (χ0n) is 13.3. The van der Waals surface area contributed by atoms with E-state index in [2.05, 4.69) is 13.8 Å². The van der Waals surface area contributed by atoms with Crippen molar-refractivity contribution in [1.82, 2.24) is 0 Å². The number of hydrogen-bond acceptors (Lipinski definition) is 2. The van der Waals surface area contributed by atoms with Crippen molar-refractivity contribution in [3.63, 3.8) is 0 Å². The van der Waals surface area contributed by atoms with Crippen LogP contribution < -0.4 is 0 Å². The Kier molecular flexibility index (Phi) is 2.81. The van der Waals surface area contributed by atoms with Gasteiger partial charge in [0.05, 0.1) is 0 Å². The molecule has 21 heavy (non-hydrogen) atoms. The molecule has 0 aromatic rings. The van der Waals surface area contributed by atoms with Crippen LogP contribution in [0.5, 0.6) is 0 Å². The Morgan fingerprint density at radius 3 is 2.57 bits per heavy atom. The molecule has 0 saturated heterocycles. The molecule has 2 heteroatoms. The Balaban J connectivity index is 1.70. The van der Waals surface area contributed by atoms with Gasteiger partial charge in [-0.3, -0.25) is 0 Å². The smallest absolute Gasteiger partial charge is 0.153 e. The van der Waals surface area contributed by atoms with Crippen LogP contribution in [0.15, 0.2) is 23.7 Å². The van der Waals surface area contributed by atoms with Crippen molar-refractivity contribution in [2.24, 2.45) is 34.5 Å². The summed E-state index contributed by atoms with van der Waals surface area (Å²) in [4.78, 5) is 0. The number of aliphatic hydroxyl groups is 2. The van der Waals surface area contributed by atoms with E-state index in [1.807, 2.05) is 12.2 Å². The molecule has 4 rings (SSSR count). The van der Waals surface area contributed by atoms with E-state index < -0.39 is 0 Å². The van der Waals surface area contributed by atoms with Crippen LogP contribution in [0, 0.1) is 34.5 Å². The zero-order valence-corrected chi connectivity index (χ0v) is 13.3. The van der Waals surface area contributed by atoms with Gasteiger partial charge in [0.2, 0.25) is 0 Å². The van der Waals surface area contributed by atoms with Gasteiger partial charge in [-0.25, -0.2) is 0 Å². The van der Waals surface area contributed by atoms with E-state index in [-0.39, 0.29) is 16.9 Å². The molecule has 116 valence electrons. The van der Waals surface area contributed by atoms with Crippen LogP contribution >= 0.6 is 0 Å². The molecule has 2 nitrogen and oxygen atoms in total. The van der Waals surface area contributed by atoms with Crippen molar-refractivity contribution in [1.29, 1.82) is 0 Å². The maximum Gasteiger partial charge on any atom is 0.153 e. The fraction of sp³-hybridized carbons (Fsp3) is 0.789. The lowest BCUT2D eigenvalue weighted by Gasteiger charge is -2.57. The number of allylic oxidation sites excluding steroid dienone is 2. The van der Waals surface area contributed by atoms with Crippen molar-refractivity contribution in [2.75, 3.05) is 0 Å². The van der Waals surface area contributed by atoms with Gasteiger partial charge < -0.3 is 10.2 Å². The third-order valence-corrected chi connectivity index (χ3v) is 7.70. The highest BCUT2D eigenvalue weighted by atomic mass is 16.3. The standard InChI is InChI=1S/C19H28O2/c1-18-8-3-4-14(18)13-6-5-12-10-16(20)17(21)11-19(12,2)15(13)7-9-18/h10-15,20-21H,3-9H2,1-2H3/t12?,13-,14-,15-,18-,19-/m0/s1. The predicted octanol–water partition coefficient (Wildman–Crippen LogP) is 5.13. The molecule has 6 atom stereocenters. The van der Waals surface area contributed by atoms with Gasteiger partial charge >= 0.3 is 0 Å². The lowest BCUT2D eigenvalue weighted by Crippen LogP contribution is -2.50. The van der Waals surface area contributed by atoms with Gasteiger partial charge in [0.25, 0.3) is 0 Å². The van der Waals surface area contributed by atoms with Gasteiger partial charge in [-0.15, -0.1) is 0 Å². The third-order valence-electron chi connectivity index (χ3n) is 7.70. The fourth-order valence-electron chi connectivity index (χ4n) is 6.53. The molecule has 0 aromatic heterocycles. The van der Waals surface area contributed by atoms with Crippen molar-refractivity contribution in [3.8, 4) is 0 Å².